The molecule has 0 aromatic carbocycles. The van der Waals surface area contributed by atoms with E-state index < -0.39 is 0 Å². The summed E-state index contributed by atoms with van der Waals surface area (Å²) in [6, 6.07) is 4.22. The van der Waals surface area contributed by atoms with Crippen molar-refractivity contribution in [2.45, 2.75) is 46.8 Å². The van der Waals surface area contributed by atoms with E-state index in [9.17, 15) is 4.79 Å². The van der Waals surface area contributed by atoms with Crippen molar-refractivity contribution >= 4 is 5.91 Å². The highest BCUT2D eigenvalue weighted by molar-refractivity contribution is 5.76. The Morgan fingerprint density at radius 3 is 2.67 bits per heavy atom. The van der Waals surface area contributed by atoms with Gasteiger partial charge < -0.3 is 15.2 Å². The van der Waals surface area contributed by atoms with Crippen LogP contribution in [0.3, 0.4) is 0 Å². The third-order valence-corrected chi connectivity index (χ3v) is 2.55. The number of rotatable bonds is 7. The lowest BCUT2D eigenvalue weighted by atomic mass is 10.2. The fraction of sp³-hybridized carbons (Fsp3) is 0.643. The second kappa shape index (κ2) is 7.21. The monoisotopic (exact) mass is 251 g/mol. The standard InChI is InChI=1S/C14H25N3O/c1-11(2)8-15-9-13-6-5-7-17(13)10-14(18)16-12(3)4/h5-7,11-12,15H,8-10H2,1-4H3,(H,16,18). The van der Waals surface area contributed by atoms with Crippen molar-refractivity contribution in [1.82, 2.24) is 15.2 Å². The van der Waals surface area contributed by atoms with Crippen LogP contribution >= 0.6 is 0 Å². The molecule has 0 aliphatic carbocycles. The average molecular weight is 251 g/mol. The maximum Gasteiger partial charge on any atom is 0.240 e. The summed E-state index contributed by atoms with van der Waals surface area (Å²) in [5.74, 6) is 0.698. The minimum Gasteiger partial charge on any atom is -0.352 e. The zero-order valence-electron chi connectivity index (χ0n) is 11.9. The van der Waals surface area contributed by atoms with Gasteiger partial charge in [0.25, 0.3) is 0 Å². The second-order valence-corrected chi connectivity index (χ2v) is 5.37. The van der Waals surface area contributed by atoms with Crippen molar-refractivity contribution in [2.24, 2.45) is 5.92 Å². The SMILES string of the molecule is CC(C)CNCc1cccn1CC(=O)NC(C)C. The second-order valence-electron chi connectivity index (χ2n) is 5.37. The molecule has 0 radical (unpaired) electrons. The van der Waals surface area contributed by atoms with Crippen LogP contribution in [0.2, 0.25) is 0 Å². The van der Waals surface area contributed by atoms with Crippen LogP contribution < -0.4 is 10.6 Å². The Morgan fingerprint density at radius 1 is 1.33 bits per heavy atom. The minimum absolute atomic E-state index is 0.0614. The molecule has 1 heterocycles. The molecule has 0 unspecified atom stereocenters. The predicted molar refractivity (Wildman–Crippen MR) is 74.3 cm³/mol. The number of aromatic nitrogens is 1. The van der Waals surface area contributed by atoms with Gasteiger partial charge >= 0.3 is 0 Å². The molecule has 0 fully saturated rings. The molecule has 4 nitrogen and oxygen atoms in total. The molecule has 0 saturated heterocycles. The summed E-state index contributed by atoms with van der Waals surface area (Å²) in [4.78, 5) is 11.7. The van der Waals surface area contributed by atoms with Crippen molar-refractivity contribution in [1.29, 1.82) is 0 Å². The van der Waals surface area contributed by atoms with E-state index >= 15 is 0 Å². The quantitative estimate of drug-likeness (QED) is 0.775. The zero-order valence-corrected chi connectivity index (χ0v) is 11.9. The van der Waals surface area contributed by atoms with E-state index in [1.54, 1.807) is 0 Å². The summed E-state index contributed by atoms with van der Waals surface area (Å²) in [6.45, 7) is 10.5. The van der Waals surface area contributed by atoms with E-state index in [0.29, 0.717) is 12.5 Å². The third kappa shape index (κ3) is 5.36. The molecular weight excluding hydrogens is 226 g/mol. The van der Waals surface area contributed by atoms with Gasteiger partial charge in [0.05, 0.1) is 0 Å². The van der Waals surface area contributed by atoms with Crippen LogP contribution in [-0.4, -0.2) is 23.1 Å². The smallest absolute Gasteiger partial charge is 0.240 e. The summed E-state index contributed by atoms with van der Waals surface area (Å²) in [5, 5.41) is 6.29. The van der Waals surface area contributed by atoms with E-state index in [4.69, 9.17) is 0 Å². The Balaban J connectivity index is 2.46. The summed E-state index contributed by atoms with van der Waals surface area (Å²) >= 11 is 0. The van der Waals surface area contributed by atoms with Crippen LogP contribution in [0.15, 0.2) is 18.3 Å². The van der Waals surface area contributed by atoms with Gasteiger partial charge in [-0.2, -0.15) is 0 Å². The van der Waals surface area contributed by atoms with Crippen LogP contribution in [0.4, 0.5) is 0 Å². The minimum atomic E-state index is 0.0614. The van der Waals surface area contributed by atoms with Gasteiger partial charge in [0, 0.05) is 24.5 Å². The maximum atomic E-state index is 11.7. The largest absolute Gasteiger partial charge is 0.352 e. The van der Waals surface area contributed by atoms with Crippen molar-refractivity contribution in [2.75, 3.05) is 6.54 Å². The molecule has 0 saturated carbocycles. The lowest BCUT2D eigenvalue weighted by Gasteiger charge is -2.13. The molecule has 4 heteroatoms. The van der Waals surface area contributed by atoms with E-state index in [0.717, 1.165) is 18.8 Å². The van der Waals surface area contributed by atoms with Crippen molar-refractivity contribution in [3.05, 3.63) is 24.0 Å². The Labute approximate surface area is 110 Å². The van der Waals surface area contributed by atoms with Crippen molar-refractivity contribution < 1.29 is 4.79 Å². The Bertz CT molecular complexity index is 369. The Hall–Kier alpha value is -1.29. The maximum absolute atomic E-state index is 11.7. The molecule has 1 rings (SSSR count). The van der Waals surface area contributed by atoms with E-state index in [2.05, 4.69) is 30.5 Å². The van der Waals surface area contributed by atoms with Crippen LogP contribution in [-0.2, 0) is 17.9 Å². The normalized spacial score (nSPS) is 11.2. The molecule has 1 aromatic rings. The molecule has 1 amide bonds. The van der Waals surface area contributed by atoms with Crippen LogP contribution in [0.1, 0.15) is 33.4 Å². The third-order valence-electron chi connectivity index (χ3n) is 2.55. The van der Waals surface area contributed by atoms with Gasteiger partial charge in [0.15, 0.2) is 0 Å². The number of hydrogen-bond donors (Lipinski definition) is 2. The molecule has 0 aliphatic rings. The van der Waals surface area contributed by atoms with Gasteiger partial charge in [0.1, 0.15) is 6.54 Å². The van der Waals surface area contributed by atoms with E-state index in [1.807, 2.05) is 30.7 Å². The molecule has 0 spiro atoms. The van der Waals surface area contributed by atoms with E-state index in [-0.39, 0.29) is 11.9 Å². The first-order valence-electron chi connectivity index (χ1n) is 6.63. The molecular formula is C14H25N3O. The van der Waals surface area contributed by atoms with Crippen molar-refractivity contribution in [3.63, 3.8) is 0 Å². The Morgan fingerprint density at radius 2 is 2.06 bits per heavy atom. The number of nitrogens with zero attached hydrogens (tertiary/aromatic N) is 1. The zero-order chi connectivity index (χ0) is 13.5. The highest BCUT2D eigenvalue weighted by atomic mass is 16.2. The van der Waals surface area contributed by atoms with E-state index in [1.165, 1.54) is 0 Å². The van der Waals surface area contributed by atoms with Crippen molar-refractivity contribution in [3.8, 4) is 0 Å². The van der Waals surface area contributed by atoms with Crippen LogP contribution in [0.5, 0.6) is 0 Å². The van der Waals surface area contributed by atoms with Crippen LogP contribution in [0, 0.1) is 5.92 Å². The lowest BCUT2D eigenvalue weighted by Crippen LogP contribution is -2.33. The fourth-order valence-corrected chi connectivity index (χ4v) is 1.78. The predicted octanol–water partition coefficient (Wildman–Crippen LogP) is 1.76. The molecule has 0 atom stereocenters. The van der Waals surface area contributed by atoms with Gasteiger partial charge in [-0.1, -0.05) is 13.8 Å². The number of carbonyl (C=O) groups excluding carboxylic acids is 1. The number of amides is 1. The number of carbonyl (C=O) groups is 1. The first-order valence-corrected chi connectivity index (χ1v) is 6.63. The number of hydrogen-bond acceptors (Lipinski definition) is 2. The number of nitrogens with one attached hydrogen (secondary N) is 2. The molecule has 0 aliphatic heterocycles. The molecule has 102 valence electrons. The molecule has 1 aromatic heterocycles. The first kappa shape index (κ1) is 14.8. The summed E-state index contributed by atoms with van der Waals surface area (Å²) in [5.41, 5.74) is 1.15. The molecule has 2 N–H and O–H groups in total. The van der Waals surface area contributed by atoms with Gasteiger partial charge in [-0.3, -0.25) is 4.79 Å². The lowest BCUT2D eigenvalue weighted by molar-refractivity contribution is -0.122. The highest BCUT2D eigenvalue weighted by Crippen LogP contribution is 2.02. The van der Waals surface area contributed by atoms with Gasteiger partial charge in [0.2, 0.25) is 5.91 Å². The average Bonchev–Trinajstić information content (AvgIpc) is 2.63. The highest BCUT2D eigenvalue weighted by Gasteiger charge is 2.07. The Kier molecular flexibility index (Phi) is 5.92. The van der Waals surface area contributed by atoms with Crippen LogP contribution in [0.25, 0.3) is 0 Å². The molecule has 0 bridgehead atoms. The topological polar surface area (TPSA) is 46.1 Å². The first-order chi connectivity index (χ1) is 8.49. The summed E-state index contributed by atoms with van der Waals surface area (Å²) < 4.78 is 1.99. The fourth-order valence-electron chi connectivity index (χ4n) is 1.78. The summed E-state index contributed by atoms with van der Waals surface area (Å²) in [7, 11) is 0. The molecule has 18 heavy (non-hydrogen) atoms. The summed E-state index contributed by atoms with van der Waals surface area (Å²) in [6.07, 6.45) is 1.95. The van der Waals surface area contributed by atoms with Gasteiger partial charge in [-0.15, -0.1) is 0 Å². The van der Waals surface area contributed by atoms with Gasteiger partial charge in [-0.05, 0) is 38.4 Å². The van der Waals surface area contributed by atoms with Gasteiger partial charge in [-0.25, -0.2) is 0 Å².